The summed E-state index contributed by atoms with van der Waals surface area (Å²) < 4.78 is 0. The van der Waals surface area contributed by atoms with E-state index in [4.69, 9.17) is 5.73 Å². The summed E-state index contributed by atoms with van der Waals surface area (Å²) in [7, 11) is 0. The van der Waals surface area contributed by atoms with Crippen molar-refractivity contribution in [1.29, 1.82) is 0 Å². The van der Waals surface area contributed by atoms with Crippen LogP contribution in [0.5, 0.6) is 0 Å². The molecule has 0 aliphatic carbocycles. The molecule has 2 aliphatic rings. The van der Waals surface area contributed by atoms with Gasteiger partial charge in [-0.2, -0.15) is 0 Å². The van der Waals surface area contributed by atoms with Crippen LogP contribution in [-0.2, 0) is 11.2 Å². The standard InChI is InChI=1S/C20H31N3O.2ClH/c1-15-8-9-16-6-4-5-7-17(16)23(15)13-11-19(24)22-12-10-18(21)20(2,3)14-22;;/h4-7,15,18H,8-14,21H2,1-3H3;2*1H. The minimum Gasteiger partial charge on any atom is -0.368 e. The molecule has 0 radical (unpaired) electrons. The molecule has 6 heteroatoms. The molecule has 2 unspecified atom stereocenters. The summed E-state index contributed by atoms with van der Waals surface area (Å²) in [6, 6.07) is 9.30. The molecule has 0 spiro atoms. The number of rotatable bonds is 3. The van der Waals surface area contributed by atoms with Crippen LogP contribution < -0.4 is 10.6 Å². The fraction of sp³-hybridized carbons (Fsp3) is 0.650. The number of amides is 1. The zero-order valence-corrected chi connectivity index (χ0v) is 17.7. The van der Waals surface area contributed by atoms with Crippen molar-refractivity contribution < 1.29 is 4.79 Å². The summed E-state index contributed by atoms with van der Waals surface area (Å²) in [5.74, 6) is 0.269. The first-order chi connectivity index (χ1) is 11.4. The van der Waals surface area contributed by atoms with Gasteiger partial charge in [-0.25, -0.2) is 0 Å². The average molecular weight is 402 g/mol. The highest BCUT2D eigenvalue weighted by Gasteiger charge is 2.35. The maximum atomic E-state index is 12.7. The maximum Gasteiger partial charge on any atom is 0.224 e. The van der Waals surface area contributed by atoms with Crippen LogP contribution in [0.15, 0.2) is 24.3 Å². The average Bonchev–Trinajstić information content (AvgIpc) is 2.56. The van der Waals surface area contributed by atoms with Crippen LogP contribution in [0.25, 0.3) is 0 Å². The third-order valence-electron chi connectivity index (χ3n) is 5.90. The molecular weight excluding hydrogens is 369 g/mol. The van der Waals surface area contributed by atoms with Crippen molar-refractivity contribution in [2.45, 2.75) is 58.5 Å². The van der Waals surface area contributed by atoms with E-state index in [0.717, 1.165) is 38.9 Å². The maximum absolute atomic E-state index is 12.7. The number of carbonyl (C=O) groups excluding carboxylic acids is 1. The van der Waals surface area contributed by atoms with Crippen molar-refractivity contribution in [2.24, 2.45) is 11.1 Å². The van der Waals surface area contributed by atoms with Crippen molar-refractivity contribution in [3.05, 3.63) is 29.8 Å². The van der Waals surface area contributed by atoms with E-state index in [1.54, 1.807) is 0 Å². The van der Waals surface area contributed by atoms with Crippen LogP contribution in [0.2, 0.25) is 0 Å². The number of likely N-dealkylation sites (tertiary alicyclic amines) is 1. The number of piperidine rings is 1. The zero-order chi connectivity index (χ0) is 17.3. The molecule has 0 aromatic heterocycles. The number of fused-ring (bicyclic) bond motifs is 1. The first-order valence-corrected chi connectivity index (χ1v) is 9.26. The molecule has 1 aromatic rings. The Kier molecular flexibility index (Phi) is 8.25. The second-order valence-corrected chi connectivity index (χ2v) is 8.16. The molecule has 1 aromatic carbocycles. The predicted octanol–water partition coefficient (Wildman–Crippen LogP) is 3.65. The Labute approximate surface area is 170 Å². The minimum absolute atomic E-state index is 0. The number of halogens is 2. The number of carbonyl (C=O) groups is 1. The number of nitrogens with two attached hydrogens (primary N) is 1. The number of hydrogen-bond donors (Lipinski definition) is 1. The molecular formula is C20H33Cl2N3O. The van der Waals surface area contributed by atoms with Gasteiger partial charge in [-0.3, -0.25) is 4.79 Å². The van der Waals surface area contributed by atoms with Crippen LogP contribution in [0.1, 0.15) is 45.6 Å². The van der Waals surface area contributed by atoms with E-state index in [-0.39, 0.29) is 42.2 Å². The van der Waals surface area contributed by atoms with E-state index in [0.29, 0.717) is 12.5 Å². The normalized spacial score (nSPS) is 24.2. The van der Waals surface area contributed by atoms with Gasteiger partial charge in [0.25, 0.3) is 0 Å². The summed E-state index contributed by atoms with van der Waals surface area (Å²) in [5, 5.41) is 0. The van der Waals surface area contributed by atoms with E-state index in [2.05, 4.69) is 49.9 Å². The van der Waals surface area contributed by atoms with Crippen molar-refractivity contribution in [1.82, 2.24) is 4.90 Å². The SMILES string of the molecule is CC1CCc2ccccc2N1CCC(=O)N1CCC(N)C(C)(C)C1.Cl.Cl. The minimum atomic E-state index is 0. The summed E-state index contributed by atoms with van der Waals surface area (Å²) >= 11 is 0. The zero-order valence-electron chi connectivity index (χ0n) is 16.1. The number of benzene rings is 1. The largest absolute Gasteiger partial charge is 0.368 e. The molecule has 2 aliphatic heterocycles. The van der Waals surface area contributed by atoms with Crippen LogP contribution in [-0.4, -0.2) is 42.5 Å². The highest BCUT2D eigenvalue weighted by Crippen LogP contribution is 2.31. The van der Waals surface area contributed by atoms with E-state index in [1.807, 2.05) is 4.90 Å². The molecule has 0 saturated carbocycles. The van der Waals surface area contributed by atoms with Gasteiger partial charge in [-0.05, 0) is 43.2 Å². The molecule has 148 valence electrons. The summed E-state index contributed by atoms with van der Waals surface area (Å²) in [5.41, 5.74) is 8.92. The monoisotopic (exact) mass is 401 g/mol. The van der Waals surface area contributed by atoms with Crippen molar-refractivity contribution in [3.8, 4) is 0 Å². The molecule has 26 heavy (non-hydrogen) atoms. The van der Waals surface area contributed by atoms with Crippen LogP contribution in [0, 0.1) is 5.41 Å². The second kappa shape index (κ2) is 9.29. The topological polar surface area (TPSA) is 49.6 Å². The Hall–Kier alpha value is -0.970. The molecule has 2 atom stereocenters. The molecule has 4 nitrogen and oxygen atoms in total. The van der Waals surface area contributed by atoms with Crippen molar-refractivity contribution in [2.75, 3.05) is 24.5 Å². The molecule has 3 rings (SSSR count). The van der Waals surface area contributed by atoms with Gasteiger partial charge in [-0.15, -0.1) is 24.8 Å². The van der Waals surface area contributed by atoms with E-state index in [9.17, 15) is 4.79 Å². The Morgan fingerprint density at radius 1 is 1.23 bits per heavy atom. The number of aryl methyl sites for hydroxylation is 1. The summed E-state index contributed by atoms with van der Waals surface area (Å²) in [4.78, 5) is 17.1. The quantitative estimate of drug-likeness (QED) is 0.840. The lowest BCUT2D eigenvalue weighted by atomic mass is 9.79. The Bertz CT molecular complexity index is 608. The first-order valence-electron chi connectivity index (χ1n) is 9.26. The van der Waals surface area contributed by atoms with Gasteiger partial charge in [-0.1, -0.05) is 32.0 Å². The van der Waals surface area contributed by atoms with Crippen molar-refractivity contribution >= 4 is 36.4 Å². The van der Waals surface area contributed by atoms with E-state index in [1.165, 1.54) is 11.3 Å². The molecule has 2 heterocycles. The lowest BCUT2D eigenvalue weighted by Crippen LogP contribution is -2.54. The molecule has 1 amide bonds. The number of anilines is 1. The number of nitrogens with zero attached hydrogens (tertiary/aromatic N) is 2. The molecule has 2 N–H and O–H groups in total. The highest BCUT2D eigenvalue weighted by atomic mass is 35.5. The Morgan fingerprint density at radius 2 is 1.92 bits per heavy atom. The fourth-order valence-corrected chi connectivity index (χ4v) is 4.06. The predicted molar refractivity (Wildman–Crippen MR) is 114 cm³/mol. The number of hydrogen-bond acceptors (Lipinski definition) is 3. The Balaban J connectivity index is 0.00000169. The van der Waals surface area contributed by atoms with Gasteiger partial charge in [0.1, 0.15) is 0 Å². The smallest absolute Gasteiger partial charge is 0.224 e. The van der Waals surface area contributed by atoms with Gasteiger partial charge in [0.2, 0.25) is 5.91 Å². The van der Waals surface area contributed by atoms with Gasteiger partial charge in [0.15, 0.2) is 0 Å². The van der Waals surface area contributed by atoms with Crippen molar-refractivity contribution in [3.63, 3.8) is 0 Å². The van der Waals surface area contributed by atoms with Crippen LogP contribution >= 0.6 is 24.8 Å². The molecule has 1 fully saturated rings. The third kappa shape index (κ3) is 4.85. The molecule has 0 bridgehead atoms. The first kappa shape index (κ1) is 23.1. The van der Waals surface area contributed by atoms with Gasteiger partial charge in [0, 0.05) is 43.8 Å². The lowest BCUT2D eigenvalue weighted by molar-refractivity contribution is -0.134. The second-order valence-electron chi connectivity index (χ2n) is 8.16. The summed E-state index contributed by atoms with van der Waals surface area (Å²) in [6.45, 7) is 8.98. The van der Waals surface area contributed by atoms with Crippen LogP contribution in [0.4, 0.5) is 5.69 Å². The van der Waals surface area contributed by atoms with Crippen LogP contribution in [0.3, 0.4) is 0 Å². The highest BCUT2D eigenvalue weighted by molar-refractivity contribution is 5.85. The number of para-hydroxylation sites is 1. The lowest BCUT2D eigenvalue weighted by Gasteiger charge is -2.43. The van der Waals surface area contributed by atoms with E-state index >= 15 is 0 Å². The fourth-order valence-electron chi connectivity index (χ4n) is 4.06. The summed E-state index contributed by atoms with van der Waals surface area (Å²) in [6.07, 6.45) is 3.79. The Morgan fingerprint density at radius 3 is 2.62 bits per heavy atom. The van der Waals surface area contributed by atoms with Gasteiger partial charge < -0.3 is 15.5 Å². The van der Waals surface area contributed by atoms with E-state index < -0.39 is 0 Å². The molecule has 1 saturated heterocycles. The third-order valence-corrected chi connectivity index (χ3v) is 5.90. The van der Waals surface area contributed by atoms with Gasteiger partial charge in [0.05, 0.1) is 0 Å². The van der Waals surface area contributed by atoms with Gasteiger partial charge >= 0.3 is 0 Å².